The molecule has 1 aliphatic carbocycles. The molecule has 1 saturated carbocycles. The largest absolute Gasteiger partial charge is 0.474 e. The smallest absolute Gasteiger partial charge is 0.255 e. The van der Waals surface area contributed by atoms with Crippen LogP contribution < -0.4 is 0 Å². The highest BCUT2D eigenvalue weighted by Gasteiger charge is 2.47. The predicted molar refractivity (Wildman–Crippen MR) is 69.9 cm³/mol. The van der Waals surface area contributed by atoms with Gasteiger partial charge in [0.25, 0.3) is 5.92 Å². The number of halogens is 2. The zero-order valence-corrected chi connectivity index (χ0v) is 11.5. The van der Waals surface area contributed by atoms with Crippen molar-refractivity contribution in [3.63, 3.8) is 0 Å². The van der Waals surface area contributed by atoms with Crippen LogP contribution >= 0.6 is 0 Å². The van der Waals surface area contributed by atoms with E-state index in [0.29, 0.717) is 5.88 Å². The van der Waals surface area contributed by atoms with E-state index >= 15 is 0 Å². The van der Waals surface area contributed by atoms with Gasteiger partial charge in [-0.2, -0.15) is 0 Å². The van der Waals surface area contributed by atoms with Gasteiger partial charge < -0.3 is 4.74 Å². The molecule has 18 heavy (non-hydrogen) atoms. The molecule has 0 heterocycles. The highest BCUT2D eigenvalue weighted by atomic mass is 19.3. The van der Waals surface area contributed by atoms with Gasteiger partial charge in [-0.05, 0) is 24.6 Å². The summed E-state index contributed by atoms with van der Waals surface area (Å²) >= 11 is 0. The number of aliphatic imine (C=N–C) groups is 1. The van der Waals surface area contributed by atoms with Crippen LogP contribution in [0.15, 0.2) is 28.6 Å². The van der Waals surface area contributed by atoms with Gasteiger partial charge in [-0.3, -0.25) is 0 Å². The van der Waals surface area contributed by atoms with Crippen molar-refractivity contribution in [3.8, 4) is 0 Å². The SMILES string of the molecule is C=N/C(=C\C(=C/C)C(C)(C)C)OC1CC(F)(F)C1. The van der Waals surface area contributed by atoms with Crippen LogP contribution in [0.3, 0.4) is 0 Å². The molecule has 2 nitrogen and oxygen atoms in total. The summed E-state index contributed by atoms with van der Waals surface area (Å²) in [7, 11) is 0. The average molecular weight is 257 g/mol. The number of ether oxygens (including phenoxy) is 1. The Kier molecular flexibility index (Phi) is 4.30. The van der Waals surface area contributed by atoms with Gasteiger partial charge in [0.1, 0.15) is 6.10 Å². The Labute approximate surface area is 107 Å². The number of hydrogen-bond acceptors (Lipinski definition) is 2. The number of rotatable bonds is 4. The predicted octanol–water partition coefficient (Wildman–Crippen LogP) is 4.34. The summed E-state index contributed by atoms with van der Waals surface area (Å²) in [6, 6.07) is 0. The fourth-order valence-electron chi connectivity index (χ4n) is 1.84. The van der Waals surface area contributed by atoms with Crippen molar-refractivity contribution in [3.05, 3.63) is 23.6 Å². The van der Waals surface area contributed by atoms with Crippen molar-refractivity contribution in [2.45, 2.75) is 52.6 Å². The van der Waals surface area contributed by atoms with Gasteiger partial charge in [-0.15, -0.1) is 0 Å². The van der Waals surface area contributed by atoms with Gasteiger partial charge in [-0.1, -0.05) is 26.8 Å². The number of allylic oxidation sites excluding steroid dienone is 3. The minimum Gasteiger partial charge on any atom is -0.474 e. The second kappa shape index (κ2) is 5.21. The molecule has 0 bridgehead atoms. The van der Waals surface area contributed by atoms with Gasteiger partial charge >= 0.3 is 0 Å². The lowest BCUT2D eigenvalue weighted by Gasteiger charge is -2.34. The molecule has 0 N–H and O–H groups in total. The maximum Gasteiger partial charge on any atom is 0.255 e. The molecule has 1 rings (SSSR count). The van der Waals surface area contributed by atoms with Crippen LogP contribution in [0.1, 0.15) is 40.5 Å². The van der Waals surface area contributed by atoms with Gasteiger partial charge in [0.05, 0.1) is 0 Å². The molecule has 0 amide bonds. The van der Waals surface area contributed by atoms with Gasteiger partial charge in [0.2, 0.25) is 5.88 Å². The summed E-state index contributed by atoms with van der Waals surface area (Å²) in [5.74, 6) is -2.26. The van der Waals surface area contributed by atoms with Crippen LogP contribution in [0.5, 0.6) is 0 Å². The molecule has 0 atom stereocenters. The summed E-state index contributed by atoms with van der Waals surface area (Å²) < 4.78 is 30.8. The molecule has 0 saturated heterocycles. The summed E-state index contributed by atoms with van der Waals surface area (Å²) in [5, 5.41) is 0. The first-order valence-corrected chi connectivity index (χ1v) is 6.07. The molecule has 1 fully saturated rings. The monoisotopic (exact) mass is 257 g/mol. The van der Waals surface area contributed by atoms with E-state index in [1.165, 1.54) is 0 Å². The Morgan fingerprint density at radius 3 is 2.28 bits per heavy atom. The molecule has 0 unspecified atom stereocenters. The lowest BCUT2D eigenvalue weighted by molar-refractivity contribution is -0.151. The van der Waals surface area contributed by atoms with E-state index in [0.717, 1.165) is 5.57 Å². The molecule has 4 heteroatoms. The quantitative estimate of drug-likeness (QED) is 0.417. The third-order valence-electron chi connectivity index (χ3n) is 2.95. The van der Waals surface area contributed by atoms with E-state index in [1.54, 1.807) is 6.08 Å². The standard InChI is InChI=1S/C14H21F2NO/c1-6-10(13(2,3)4)7-12(17-5)18-11-8-14(15,16)9-11/h6-7,11H,5,8-9H2,1-4H3/b10-6+,12-7+. The topological polar surface area (TPSA) is 21.6 Å². The molecular weight excluding hydrogens is 236 g/mol. The second-order valence-corrected chi connectivity index (χ2v) is 5.64. The first-order valence-electron chi connectivity index (χ1n) is 6.07. The van der Waals surface area contributed by atoms with Crippen LogP contribution in [0.2, 0.25) is 0 Å². The van der Waals surface area contributed by atoms with E-state index < -0.39 is 12.0 Å². The minimum atomic E-state index is -2.58. The Bertz CT molecular complexity index is 370. The van der Waals surface area contributed by atoms with E-state index in [1.807, 2.05) is 13.0 Å². The lowest BCUT2D eigenvalue weighted by Crippen LogP contribution is -2.41. The first-order chi connectivity index (χ1) is 8.18. The highest BCUT2D eigenvalue weighted by molar-refractivity contribution is 5.32. The fraction of sp³-hybridized carbons (Fsp3) is 0.643. The summed E-state index contributed by atoms with van der Waals surface area (Å²) in [6.45, 7) is 11.5. The molecule has 102 valence electrons. The Hall–Kier alpha value is -1.19. The van der Waals surface area contributed by atoms with Crippen molar-refractivity contribution < 1.29 is 13.5 Å². The highest BCUT2D eigenvalue weighted by Crippen LogP contribution is 2.40. The van der Waals surface area contributed by atoms with E-state index in [9.17, 15) is 8.78 Å². The van der Waals surface area contributed by atoms with Crippen molar-refractivity contribution >= 4 is 6.72 Å². The van der Waals surface area contributed by atoms with Crippen molar-refractivity contribution in [1.29, 1.82) is 0 Å². The summed E-state index contributed by atoms with van der Waals surface area (Å²) in [6.07, 6.45) is 2.81. The molecule has 1 aliphatic rings. The van der Waals surface area contributed by atoms with Crippen molar-refractivity contribution in [1.82, 2.24) is 0 Å². The third-order valence-corrected chi connectivity index (χ3v) is 2.95. The van der Waals surface area contributed by atoms with E-state index in [-0.39, 0.29) is 18.3 Å². The molecule has 0 radical (unpaired) electrons. The fourth-order valence-corrected chi connectivity index (χ4v) is 1.84. The molecule has 0 aromatic rings. The maximum atomic E-state index is 12.7. The van der Waals surface area contributed by atoms with E-state index in [4.69, 9.17) is 4.74 Å². The number of alkyl halides is 2. The second-order valence-electron chi connectivity index (χ2n) is 5.64. The van der Waals surface area contributed by atoms with Crippen LogP contribution in [0.25, 0.3) is 0 Å². The molecule has 0 spiro atoms. The zero-order chi connectivity index (χ0) is 14.0. The molecule has 0 aliphatic heterocycles. The normalized spacial score (nSPS) is 21.4. The summed E-state index contributed by atoms with van der Waals surface area (Å²) in [5.41, 5.74) is 0.994. The van der Waals surface area contributed by atoms with Crippen LogP contribution in [-0.2, 0) is 4.74 Å². The average Bonchev–Trinajstić information content (AvgIpc) is 2.19. The van der Waals surface area contributed by atoms with Crippen LogP contribution in [0.4, 0.5) is 8.78 Å². The van der Waals surface area contributed by atoms with Crippen molar-refractivity contribution in [2.75, 3.05) is 0 Å². The lowest BCUT2D eigenvalue weighted by atomic mass is 9.86. The van der Waals surface area contributed by atoms with Crippen LogP contribution in [-0.4, -0.2) is 18.7 Å². The number of hydrogen-bond donors (Lipinski definition) is 0. The Morgan fingerprint density at radius 1 is 1.39 bits per heavy atom. The summed E-state index contributed by atoms with van der Waals surface area (Å²) in [4.78, 5) is 3.76. The Morgan fingerprint density at radius 2 is 1.94 bits per heavy atom. The third kappa shape index (κ3) is 3.93. The maximum absolute atomic E-state index is 12.7. The zero-order valence-electron chi connectivity index (χ0n) is 11.5. The molecule has 0 aromatic carbocycles. The van der Waals surface area contributed by atoms with Crippen molar-refractivity contribution in [2.24, 2.45) is 10.4 Å². The molecular formula is C14H21F2NO. The van der Waals surface area contributed by atoms with Gasteiger partial charge in [0.15, 0.2) is 0 Å². The van der Waals surface area contributed by atoms with E-state index in [2.05, 4.69) is 32.5 Å². The number of nitrogens with zero attached hydrogens (tertiary/aromatic N) is 1. The van der Waals surface area contributed by atoms with Gasteiger partial charge in [-0.25, -0.2) is 13.8 Å². The Balaban J connectivity index is 2.69. The molecule has 0 aromatic heterocycles. The minimum absolute atomic E-state index is 0.0440. The van der Waals surface area contributed by atoms with Gasteiger partial charge in [0, 0.05) is 18.9 Å². The first kappa shape index (κ1) is 14.9. The van der Waals surface area contributed by atoms with Crippen LogP contribution in [0, 0.1) is 5.41 Å².